The van der Waals surface area contributed by atoms with E-state index in [1.807, 2.05) is 0 Å². The normalized spacial score (nSPS) is 15.8. The lowest BCUT2D eigenvalue weighted by atomic mass is 9.88. The zero-order valence-electron chi connectivity index (χ0n) is 15.7. The van der Waals surface area contributed by atoms with Crippen LogP contribution in [0.1, 0.15) is 41.2 Å². The third-order valence-electron chi connectivity index (χ3n) is 4.44. The van der Waals surface area contributed by atoms with E-state index in [0.717, 1.165) is 5.56 Å². The smallest absolute Gasteiger partial charge is 0.385 e. The van der Waals surface area contributed by atoms with E-state index in [1.165, 1.54) is 6.92 Å². The molecule has 160 valence electrons. The Labute approximate surface area is 164 Å². The van der Waals surface area contributed by atoms with Crippen LogP contribution < -0.4 is 5.73 Å². The second-order valence-electron chi connectivity index (χ2n) is 7.06. The summed E-state index contributed by atoms with van der Waals surface area (Å²) in [5, 5.41) is 10.7. The number of alkyl halides is 6. The fourth-order valence-electron chi connectivity index (χ4n) is 3.04. The summed E-state index contributed by atoms with van der Waals surface area (Å²) >= 11 is 0. The van der Waals surface area contributed by atoms with Crippen molar-refractivity contribution >= 4 is 0 Å². The van der Waals surface area contributed by atoms with Crippen LogP contribution in [-0.2, 0) is 29.3 Å². The van der Waals surface area contributed by atoms with Gasteiger partial charge in [0, 0.05) is 6.42 Å². The second-order valence-corrected chi connectivity index (χ2v) is 7.06. The SMILES string of the molecule is Cc1ccccc1C(C)(O)CC(N)OCc1cc(C(F)(F)F)cc(C(F)(F)F)c1. The lowest BCUT2D eigenvalue weighted by molar-refractivity contribution is -0.143. The molecular weight excluding hydrogens is 400 g/mol. The Morgan fingerprint density at radius 2 is 1.48 bits per heavy atom. The van der Waals surface area contributed by atoms with Crippen LogP contribution in [0.3, 0.4) is 0 Å². The van der Waals surface area contributed by atoms with Crippen molar-refractivity contribution in [2.45, 2.75) is 51.1 Å². The fourth-order valence-corrected chi connectivity index (χ4v) is 3.04. The average molecular weight is 421 g/mol. The Kier molecular flexibility index (Phi) is 6.66. The lowest BCUT2D eigenvalue weighted by Gasteiger charge is -2.28. The van der Waals surface area contributed by atoms with E-state index in [9.17, 15) is 31.4 Å². The number of nitrogens with two attached hydrogens (primary N) is 1. The molecule has 0 aliphatic rings. The van der Waals surface area contributed by atoms with E-state index in [2.05, 4.69) is 0 Å². The number of ether oxygens (including phenoxy) is 1. The third-order valence-corrected chi connectivity index (χ3v) is 4.44. The van der Waals surface area contributed by atoms with Crippen molar-refractivity contribution in [1.82, 2.24) is 0 Å². The quantitative estimate of drug-likeness (QED) is 0.502. The number of hydrogen-bond acceptors (Lipinski definition) is 3. The maximum absolute atomic E-state index is 12.9. The Morgan fingerprint density at radius 1 is 0.966 bits per heavy atom. The van der Waals surface area contributed by atoms with Crippen LogP contribution in [0.5, 0.6) is 0 Å². The molecule has 3 nitrogen and oxygen atoms in total. The highest BCUT2D eigenvalue weighted by Crippen LogP contribution is 2.36. The molecule has 0 heterocycles. The van der Waals surface area contributed by atoms with Crippen LogP contribution >= 0.6 is 0 Å². The first kappa shape index (κ1) is 23.2. The molecule has 0 aliphatic carbocycles. The molecule has 0 saturated heterocycles. The number of rotatable bonds is 6. The Morgan fingerprint density at radius 3 is 1.97 bits per heavy atom. The van der Waals surface area contributed by atoms with Crippen LogP contribution in [0.4, 0.5) is 26.3 Å². The number of aryl methyl sites for hydroxylation is 1. The lowest BCUT2D eigenvalue weighted by Crippen LogP contribution is -2.35. The molecule has 9 heteroatoms. The maximum Gasteiger partial charge on any atom is 0.416 e. The van der Waals surface area contributed by atoms with E-state index in [0.29, 0.717) is 17.7 Å². The van der Waals surface area contributed by atoms with Crippen LogP contribution in [0.2, 0.25) is 0 Å². The molecule has 0 aromatic heterocycles. The number of halogens is 6. The average Bonchev–Trinajstić information content (AvgIpc) is 2.58. The monoisotopic (exact) mass is 421 g/mol. The number of hydrogen-bond donors (Lipinski definition) is 2. The molecule has 0 fully saturated rings. The van der Waals surface area contributed by atoms with Crippen molar-refractivity contribution in [1.29, 1.82) is 0 Å². The standard InChI is InChI=1S/C20H21F6NO2/c1-12-5-3-4-6-16(12)18(2,28)10-17(27)29-11-13-7-14(19(21,22)23)9-15(8-13)20(24,25)26/h3-9,17,28H,10-11,27H2,1-2H3. The molecule has 0 aliphatic heterocycles. The second kappa shape index (κ2) is 8.33. The fraction of sp³-hybridized carbons (Fsp3) is 0.400. The molecule has 2 rings (SSSR count). The Balaban J connectivity index is 2.15. The molecule has 0 saturated carbocycles. The van der Waals surface area contributed by atoms with E-state index in [-0.39, 0.29) is 18.1 Å². The van der Waals surface area contributed by atoms with Gasteiger partial charge in [-0.05, 0) is 48.7 Å². The molecule has 0 spiro atoms. The molecule has 3 N–H and O–H groups in total. The van der Waals surface area contributed by atoms with Gasteiger partial charge in [0.1, 0.15) is 6.23 Å². The van der Waals surface area contributed by atoms with Crippen molar-refractivity contribution in [3.63, 3.8) is 0 Å². The minimum absolute atomic E-state index is 0.0480. The molecule has 2 aromatic rings. The van der Waals surface area contributed by atoms with Crippen LogP contribution in [0.15, 0.2) is 42.5 Å². The van der Waals surface area contributed by atoms with Crippen molar-refractivity contribution in [2.24, 2.45) is 5.73 Å². The summed E-state index contributed by atoms with van der Waals surface area (Å²) in [6.07, 6.45) is -11.1. The summed E-state index contributed by atoms with van der Waals surface area (Å²) in [6, 6.07) is 8.22. The van der Waals surface area contributed by atoms with E-state index in [4.69, 9.17) is 10.5 Å². The van der Waals surface area contributed by atoms with Gasteiger partial charge in [0.05, 0.1) is 23.3 Å². The highest BCUT2D eigenvalue weighted by atomic mass is 19.4. The van der Waals surface area contributed by atoms with Crippen LogP contribution in [0, 0.1) is 6.92 Å². The molecular formula is C20H21F6NO2. The summed E-state index contributed by atoms with van der Waals surface area (Å²) < 4.78 is 82.7. The van der Waals surface area contributed by atoms with Gasteiger partial charge in [-0.15, -0.1) is 0 Å². The first-order chi connectivity index (χ1) is 13.2. The van der Waals surface area contributed by atoms with Crippen LogP contribution in [0.25, 0.3) is 0 Å². The van der Waals surface area contributed by atoms with Gasteiger partial charge in [0.15, 0.2) is 0 Å². The highest BCUT2D eigenvalue weighted by Gasteiger charge is 2.37. The van der Waals surface area contributed by atoms with Crippen molar-refractivity contribution in [2.75, 3.05) is 0 Å². The van der Waals surface area contributed by atoms with E-state index >= 15 is 0 Å². The molecule has 0 amide bonds. The zero-order chi connectivity index (χ0) is 22.0. The predicted molar refractivity (Wildman–Crippen MR) is 94.6 cm³/mol. The Hall–Kier alpha value is -2.10. The van der Waals surface area contributed by atoms with Crippen molar-refractivity contribution < 1.29 is 36.2 Å². The largest absolute Gasteiger partial charge is 0.416 e. The van der Waals surface area contributed by atoms with Gasteiger partial charge in [-0.25, -0.2) is 0 Å². The third kappa shape index (κ3) is 6.19. The van der Waals surface area contributed by atoms with Gasteiger partial charge in [-0.2, -0.15) is 26.3 Å². The van der Waals surface area contributed by atoms with Crippen molar-refractivity contribution in [3.05, 3.63) is 70.3 Å². The van der Waals surface area contributed by atoms with Crippen LogP contribution in [-0.4, -0.2) is 11.3 Å². The van der Waals surface area contributed by atoms with Gasteiger partial charge in [0.25, 0.3) is 0 Å². The molecule has 0 bridgehead atoms. The Bertz CT molecular complexity index is 813. The maximum atomic E-state index is 12.9. The molecule has 0 radical (unpaired) electrons. The molecule has 2 atom stereocenters. The summed E-state index contributed by atoms with van der Waals surface area (Å²) in [5.41, 5.74) is 2.65. The van der Waals surface area contributed by atoms with E-state index < -0.39 is 41.9 Å². The van der Waals surface area contributed by atoms with Gasteiger partial charge in [-0.1, -0.05) is 24.3 Å². The van der Waals surface area contributed by atoms with Gasteiger partial charge in [-0.3, -0.25) is 0 Å². The molecule has 2 unspecified atom stereocenters. The number of aliphatic hydroxyl groups is 1. The summed E-state index contributed by atoms with van der Waals surface area (Å²) in [7, 11) is 0. The highest BCUT2D eigenvalue weighted by molar-refractivity contribution is 5.33. The van der Waals surface area contributed by atoms with E-state index in [1.54, 1.807) is 31.2 Å². The van der Waals surface area contributed by atoms with Gasteiger partial charge in [0.2, 0.25) is 0 Å². The van der Waals surface area contributed by atoms with Crippen molar-refractivity contribution in [3.8, 4) is 0 Å². The molecule has 2 aromatic carbocycles. The summed E-state index contributed by atoms with van der Waals surface area (Å²) in [5.74, 6) is 0. The zero-order valence-corrected chi connectivity index (χ0v) is 15.7. The summed E-state index contributed by atoms with van der Waals surface area (Å²) in [6.45, 7) is 2.72. The first-order valence-electron chi connectivity index (χ1n) is 8.64. The minimum Gasteiger partial charge on any atom is -0.385 e. The summed E-state index contributed by atoms with van der Waals surface area (Å²) in [4.78, 5) is 0. The minimum atomic E-state index is -4.94. The predicted octanol–water partition coefficient (Wildman–Crippen LogP) is 5.13. The number of benzene rings is 2. The van der Waals surface area contributed by atoms with Gasteiger partial charge >= 0.3 is 12.4 Å². The topological polar surface area (TPSA) is 55.5 Å². The first-order valence-corrected chi connectivity index (χ1v) is 8.64. The van der Waals surface area contributed by atoms with Gasteiger partial charge < -0.3 is 15.6 Å². The molecule has 29 heavy (non-hydrogen) atoms.